The molecule has 7 heteroatoms. The molecule has 1 amide bonds. The number of anilines is 2. The van der Waals surface area contributed by atoms with Gasteiger partial charge in [-0.05, 0) is 24.3 Å². The molecule has 0 atom stereocenters. The van der Waals surface area contributed by atoms with Gasteiger partial charge in [-0.2, -0.15) is 0 Å². The van der Waals surface area contributed by atoms with E-state index in [9.17, 15) is 4.79 Å². The Morgan fingerprint density at radius 2 is 2.10 bits per heavy atom. The summed E-state index contributed by atoms with van der Waals surface area (Å²) in [5.74, 6) is 0.501. The first-order valence-electron chi connectivity index (χ1n) is 6.59. The van der Waals surface area contributed by atoms with Crippen molar-refractivity contribution >= 4 is 29.8 Å². The number of carbonyl (C=O) groups is 1. The lowest BCUT2D eigenvalue weighted by atomic mass is 10.3. The second-order valence-electron chi connectivity index (χ2n) is 4.57. The van der Waals surface area contributed by atoms with Crippen LogP contribution in [0.1, 0.15) is 10.6 Å². The summed E-state index contributed by atoms with van der Waals surface area (Å²) in [6.45, 7) is 3.91. The Hall–Kier alpha value is -2.05. The summed E-state index contributed by atoms with van der Waals surface area (Å²) in [4.78, 5) is 18.3. The molecule has 21 heavy (non-hydrogen) atoms. The average molecular weight is 309 g/mol. The number of nitrogens with zero attached hydrogens (tertiary/aromatic N) is 2. The van der Waals surface area contributed by atoms with Gasteiger partial charge in [0.25, 0.3) is 5.91 Å². The largest absolute Gasteiger partial charge is 0.459 e. The minimum Gasteiger partial charge on any atom is -0.459 e. The first-order valence-corrected chi connectivity index (χ1v) is 6.59. The van der Waals surface area contributed by atoms with Crippen LogP contribution in [-0.2, 0) is 0 Å². The minimum atomic E-state index is -0.294. The molecule has 1 fully saturated rings. The van der Waals surface area contributed by atoms with Crippen LogP contribution in [0.25, 0.3) is 0 Å². The molecule has 1 saturated heterocycles. The lowest BCUT2D eigenvalue weighted by Crippen LogP contribution is -2.43. The molecule has 0 unspecified atom stereocenters. The SMILES string of the molecule is Cl.O=C(Nc1ccc(N2CCNCC2)cn1)c1ccco1. The summed E-state index contributed by atoms with van der Waals surface area (Å²) >= 11 is 0. The molecule has 0 spiro atoms. The Kier molecular flexibility index (Phi) is 5.19. The van der Waals surface area contributed by atoms with Crippen molar-refractivity contribution in [2.75, 3.05) is 36.4 Å². The number of carbonyl (C=O) groups excluding carboxylic acids is 1. The van der Waals surface area contributed by atoms with Gasteiger partial charge in [-0.15, -0.1) is 12.4 Å². The van der Waals surface area contributed by atoms with Crippen molar-refractivity contribution in [2.45, 2.75) is 0 Å². The Morgan fingerprint density at radius 1 is 1.29 bits per heavy atom. The molecular weight excluding hydrogens is 292 g/mol. The van der Waals surface area contributed by atoms with Crippen LogP contribution in [0.4, 0.5) is 11.5 Å². The van der Waals surface area contributed by atoms with Crippen LogP contribution >= 0.6 is 12.4 Å². The van der Waals surface area contributed by atoms with E-state index in [2.05, 4.69) is 20.5 Å². The standard InChI is InChI=1S/C14H16N4O2.ClH/c19-14(12-2-1-9-20-12)17-13-4-3-11(10-16-13)18-7-5-15-6-8-18;/h1-4,9-10,15H,5-8H2,(H,16,17,19);1H. The molecule has 0 radical (unpaired) electrons. The van der Waals surface area contributed by atoms with Crippen molar-refractivity contribution < 1.29 is 9.21 Å². The third kappa shape index (κ3) is 3.74. The summed E-state index contributed by atoms with van der Waals surface area (Å²) in [5.41, 5.74) is 1.07. The first kappa shape index (κ1) is 15.3. The molecule has 1 aliphatic rings. The van der Waals surface area contributed by atoms with Crippen LogP contribution in [0.5, 0.6) is 0 Å². The van der Waals surface area contributed by atoms with E-state index in [0.717, 1.165) is 31.9 Å². The highest BCUT2D eigenvalue weighted by Gasteiger charge is 2.12. The molecular formula is C14H17ClN4O2. The average Bonchev–Trinajstić information content (AvgIpc) is 3.03. The molecule has 6 nitrogen and oxygen atoms in total. The summed E-state index contributed by atoms with van der Waals surface area (Å²) in [5, 5.41) is 6.01. The van der Waals surface area contributed by atoms with Crippen LogP contribution in [0.3, 0.4) is 0 Å². The molecule has 2 N–H and O–H groups in total. The third-order valence-corrected chi connectivity index (χ3v) is 3.22. The number of hydrogen-bond acceptors (Lipinski definition) is 5. The molecule has 0 aliphatic carbocycles. The molecule has 0 bridgehead atoms. The van der Waals surface area contributed by atoms with E-state index < -0.39 is 0 Å². The van der Waals surface area contributed by atoms with Crippen LogP contribution < -0.4 is 15.5 Å². The molecule has 0 saturated carbocycles. The number of amides is 1. The van der Waals surface area contributed by atoms with Gasteiger partial charge in [-0.25, -0.2) is 4.98 Å². The maximum atomic E-state index is 11.8. The van der Waals surface area contributed by atoms with Crippen LogP contribution in [0, 0.1) is 0 Å². The van der Waals surface area contributed by atoms with Crippen molar-refractivity contribution in [2.24, 2.45) is 0 Å². The molecule has 3 rings (SSSR count). The Morgan fingerprint density at radius 3 is 2.71 bits per heavy atom. The highest BCUT2D eigenvalue weighted by atomic mass is 35.5. The van der Waals surface area contributed by atoms with Crippen molar-refractivity contribution in [1.29, 1.82) is 0 Å². The summed E-state index contributed by atoms with van der Waals surface area (Å²) < 4.78 is 5.03. The van der Waals surface area contributed by atoms with Crippen molar-refractivity contribution in [3.8, 4) is 0 Å². The van der Waals surface area contributed by atoms with Gasteiger partial charge in [0, 0.05) is 26.2 Å². The van der Waals surface area contributed by atoms with E-state index >= 15 is 0 Å². The number of furan rings is 1. The second kappa shape index (κ2) is 7.10. The van der Waals surface area contributed by atoms with Crippen LogP contribution in [-0.4, -0.2) is 37.1 Å². The number of rotatable bonds is 3. The predicted octanol–water partition coefficient (Wildman–Crippen LogP) is 1.76. The van der Waals surface area contributed by atoms with Crippen LogP contribution in [0.15, 0.2) is 41.1 Å². The fourth-order valence-electron chi connectivity index (χ4n) is 2.16. The van der Waals surface area contributed by atoms with E-state index in [4.69, 9.17) is 4.42 Å². The van der Waals surface area contributed by atoms with Gasteiger partial charge in [-0.3, -0.25) is 4.79 Å². The fourth-order valence-corrected chi connectivity index (χ4v) is 2.16. The normalized spacial score (nSPS) is 14.4. The Labute approximate surface area is 128 Å². The molecule has 2 aromatic heterocycles. The molecule has 112 valence electrons. The zero-order valence-corrected chi connectivity index (χ0v) is 12.2. The van der Waals surface area contributed by atoms with Gasteiger partial charge in [0.1, 0.15) is 5.82 Å². The lowest BCUT2D eigenvalue weighted by molar-refractivity contribution is 0.0996. The fraction of sp³-hybridized carbons (Fsp3) is 0.286. The van der Waals surface area contributed by atoms with Gasteiger partial charge in [0.15, 0.2) is 5.76 Å². The molecule has 2 aromatic rings. The maximum absolute atomic E-state index is 11.8. The number of pyridine rings is 1. The zero-order chi connectivity index (χ0) is 13.8. The summed E-state index contributed by atoms with van der Waals surface area (Å²) in [6, 6.07) is 7.06. The molecule has 1 aliphatic heterocycles. The molecule has 0 aromatic carbocycles. The van der Waals surface area contributed by atoms with E-state index in [1.165, 1.54) is 6.26 Å². The smallest absolute Gasteiger partial charge is 0.292 e. The van der Waals surface area contributed by atoms with E-state index in [0.29, 0.717) is 5.82 Å². The predicted molar refractivity (Wildman–Crippen MR) is 83.2 cm³/mol. The highest BCUT2D eigenvalue weighted by Crippen LogP contribution is 2.16. The van der Waals surface area contributed by atoms with E-state index in [1.807, 2.05) is 6.07 Å². The second-order valence-corrected chi connectivity index (χ2v) is 4.57. The molecule has 3 heterocycles. The lowest BCUT2D eigenvalue weighted by Gasteiger charge is -2.29. The van der Waals surface area contributed by atoms with Gasteiger partial charge in [0.05, 0.1) is 18.1 Å². The zero-order valence-electron chi connectivity index (χ0n) is 11.4. The monoisotopic (exact) mass is 308 g/mol. The Balaban J connectivity index is 0.00000161. The van der Waals surface area contributed by atoms with Gasteiger partial charge < -0.3 is 20.0 Å². The van der Waals surface area contributed by atoms with Crippen molar-refractivity contribution in [3.05, 3.63) is 42.5 Å². The number of halogens is 1. The number of nitrogens with one attached hydrogen (secondary N) is 2. The topological polar surface area (TPSA) is 70.4 Å². The Bertz CT molecular complexity index is 565. The van der Waals surface area contributed by atoms with E-state index in [1.54, 1.807) is 24.4 Å². The van der Waals surface area contributed by atoms with Gasteiger partial charge >= 0.3 is 0 Å². The quantitative estimate of drug-likeness (QED) is 0.904. The van der Waals surface area contributed by atoms with Gasteiger partial charge in [-0.1, -0.05) is 0 Å². The van der Waals surface area contributed by atoms with Gasteiger partial charge in [0.2, 0.25) is 0 Å². The van der Waals surface area contributed by atoms with Crippen LogP contribution in [0.2, 0.25) is 0 Å². The third-order valence-electron chi connectivity index (χ3n) is 3.22. The number of hydrogen-bond donors (Lipinski definition) is 2. The minimum absolute atomic E-state index is 0. The first-order chi connectivity index (χ1) is 9.83. The van der Waals surface area contributed by atoms with Crippen molar-refractivity contribution in [1.82, 2.24) is 10.3 Å². The summed E-state index contributed by atoms with van der Waals surface area (Å²) in [6.07, 6.45) is 3.25. The van der Waals surface area contributed by atoms with E-state index in [-0.39, 0.29) is 24.1 Å². The maximum Gasteiger partial charge on any atom is 0.292 e. The number of piperazine rings is 1. The summed E-state index contributed by atoms with van der Waals surface area (Å²) in [7, 11) is 0. The number of aromatic nitrogens is 1. The van der Waals surface area contributed by atoms with Crippen molar-refractivity contribution in [3.63, 3.8) is 0 Å². The highest BCUT2D eigenvalue weighted by molar-refractivity contribution is 6.01.